The Kier molecular flexibility index (Phi) is 8.42. The molecule has 38 heavy (non-hydrogen) atoms. The average molecular weight is 517 g/mol. The van der Waals surface area contributed by atoms with E-state index in [0.717, 1.165) is 11.2 Å². The zero-order chi connectivity index (χ0) is 27.1. The molecular weight excluding hydrogens is 487 g/mol. The molecule has 4 rings (SSSR count). The Bertz CT molecular complexity index is 1360. The number of carbonyl (C=O) groups is 2. The van der Waals surface area contributed by atoms with Crippen molar-refractivity contribution in [2.45, 2.75) is 32.9 Å². The van der Waals surface area contributed by atoms with E-state index in [9.17, 15) is 19.1 Å². The van der Waals surface area contributed by atoms with Gasteiger partial charge in [-0.15, -0.1) is 10.2 Å². The summed E-state index contributed by atoms with van der Waals surface area (Å²) in [5.74, 6) is -0.510. The van der Waals surface area contributed by atoms with Gasteiger partial charge in [-0.05, 0) is 71.6 Å². The first kappa shape index (κ1) is 26.5. The quantitative estimate of drug-likeness (QED) is 0.328. The number of anilines is 1. The molecule has 196 valence electrons. The third kappa shape index (κ3) is 6.58. The van der Waals surface area contributed by atoms with E-state index >= 15 is 0 Å². The van der Waals surface area contributed by atoms with E-state index in [1.807, 2.05) is 6.07 Å². The number of amides is 2. The predicted molar refractivity (Wildman–Crippen MR) is 140 cm³/mol. The van der Waals surface area contributed by atoms with Crippen LogP contribution in [0.3, 0.4) is 0 Å². The minimum Gasteiger partial charge on any atom is -0.508 e. The van der Waals surface area contributed by atoms with Crippen LogP contribution in [-0.2, 0) is 16.1 Å². The fourth-order valence-electron chi connectivity index (χ4n) is 3.90. The van der Waals surface area contributed by atoms with Crippen molar-refractivity contribution in [2.75, 3.05) is 11.4 Å². The van der Waals surface area contributed by atoms with Crippen molar-refractivity contribution >= 4 is 17.5 Å². The first-order valence-corrected chi connectivity index (χ1v) is 12.3. The van der Waals surface area contributed by atoms with Gasteiger partial charge in [0.15, 0.2) is 0 Å². The van der Waals surface area contributed by atoms with Gasteiger partial charge in [0.05, 0.1) is 0 Å². The van der Waals surface area contributed by atoms with Crippen LogP contribution in [0.4, 0.5) is 10.1 Å². The Balaban J connectivity index is 1.67. The number of tetrazole rings is 1. The first-order valence-electron chi connectivity index (χ1n) is 12.3. The normalized spacial score (nSPS) is 11.8. The Labute approximate surface area is 219 Å². The molecule has 2 amide bonds. The summed E-state index contributed by atoms with van der Waals surface area (Å²) < 4.78 is 13.3. The standard InChI is InChI=1S/C28H29FN6O3/c1-19(2)16-17-30-28(38)26(20-10-14-24(36)15-11-20)35(23-6-4-3-5-7-23)25(37)18-34-32-27(31-33-34)21-8-12-22(29)13-9-21/h3-15,19,26,36H,16-18H2,1-2H3,(H,30,38)/t26-/m1/s1. The van der Waals surface area contributed by atoms with E-state index in [1.165, 1.54) is 41.3 Å². The van der Waals surface area contributed by atoms with Gasteiger partial charge >= 0.3 is 0 Å². The topological polar surface area (TPSA) is 113 Å². The molecule has 1 aromatic heterocycles. The summed E-state index contributed by atoms with van der Waals surface area (Å²) in [7, 11) is 0. The van der Waals surface area contributed by atoms with Crippen molar-refractivity contribution < 1.29 is 19.1 Å². The van der Waals surface area contributed by atoms with E-state index in [0.29, 0.717) is 29.3 Å². The fourth-order valence-corrected chi connectivity index (χ4v) is 3.90. The van der Waals surface area contributed by atoms with Crippen molar-refractivity contribution in [1.82, 2.24) is 25.5 Å². The summed E-state index contributed by atoms with van der Waals surface area (Å²) in [6.45, 7) is 4.29. The van der Waals surface area contributed by atoms with Crippen molar-refractivity contribution in [1.29, 1.82) is 0 Å². The van der Waals surface area contributed by atoms with Crippen molar-refractivity contribution in [3.63, 3.8) is 0 Å². The SMILES string of the molecule is CC(C)CCNC(=O)[C@@H](c1ccc(O)cc1)N(C(=O)Cn1nnc(-c2ccc(F)cc2)n1)c1ccccc1. The van der Waals surface area contributed by atoms with Gasteiger partial charge in [-0.3, -0.25) is 14.5 Å². The summed E-state index contributed by atoms with van der Waals surface area (Å²) in [5, 5.41) is 25.0. The fraction of sp³-hybridized carbons (Fsp3) is 0.250. The average Bonchev–Trinajstić information content (AvgIpc) is 3.36. The highest BCUT2D eigenvalue weighted by molar-refractivity contribution is 6.01. The second kappa shape index (κ2) is 12.1. The zero-order valence-corrected chi connectivity index (χ0v) is 21.2. The van der Waals surface area contributed by atoms with Gasteiger partial charge in [-0.2, -0.15) is 4.80 Å². The molecule has 3 aromatic carbocycles. The number of aromatic hydroxyl groups is 1. The van der Waals surface area contributed by atoms with Gasteiger partial charge < -0.3 is 10.4 Å². The van der Waals surface area contributed by atoms with Crippen LogP contribution in [0.5, 0.6) is 5.75 Å². The van der Waals surface area contributed by atoms with E-state index in [1.54, 1.807) is 36.4 Å². The predicted octanol–water partition coefficient (Wildman–Crippen LogP) is 4.12. The second-order valence-corrected chi connectivity index (χ2v) is 9.22. The summed E-state index contributed by atoms with van der Waals surface area (Å²) in [6, 6.07) is 19.7. The van der Waals surface area contributed by atoms with Crippen molar-refractivity contribution in [3.05, 3.63) is 90.2 Å². The van der Waals surface area contributed by atoms with Gasteiger partial charge in [0.2, 0.25) is 11.7 Å². The lowest BCUT2D eigenvalue weighted by Crippen LogP contribution is -2.45. The highest BCUT2D eigenvalue weighted by Gasteiger charge is 2.33. The summed E-state index contributed by atoms with van der Waals surface area (Å²) >= 11 is 0. The largest absolute Gasteiger partial charge is 0.508 e. The molecule has 0 aliphatic carbocycles. The summed E-state index contributed by atoms with van der Waals surface area (Å²) in [5.41, 5.74) is 1.59. The van der Waals surface area contributed by atoms with Crippen molar-refractivity contribution in [3.8, 4) is 17.1 Å². The molecule has 2 N–H and O–H groups in total. The van der Waals surface area contributed by atoms with Crippen molar-refractivity contribution in [2.24, 2.45) is 5.92 Å². The Morgan fingerprint density at radius 2 is 1.68 bits per heavy atom. The Hall–Kier alpha value is -4.60. The number of aromatic nitrogens is 4. The molecule has 4 aromatic rings. The third-order valence-electron chi connectivity index (χ3n) is 5.87. The van der Waals surface area contributed by atoms with Gasteiger partial charge in [-0.25, -0.2) is 4.39 Å². The Morgan fingerprint density at radius 1 is 1.00 bits per heavy atom. The molecule has 0 aliphatic heterocycles. The van der Waals surface area contributed by atoms with Gasteiger partial charge in [0, 0.05) is 17.8 Å². The molecule has 0 saturated carbocycles. The van der Waals surface area contributed by atoms with E-state index in [-0.39, 0.29) is 29.8 Å². The van der Waals surface area contributed by atoms with Gasteiger partial charge in [-0.1, -0.05) is 44.2 Å². The third-order valence-corrected chi connectivity index (χ3v) is 5.87. The number of para-hydroxylation sites is 1. The van der Waals surface area contributed by atoms with Crippen LogP contribution >= 0.6 is 0 Å². The number of benzene rings is 3. The summed E-state index contributed by atoms with van der Waals surface area (Å²) in [6.07, 6.45) is 0.780. The molecule has 0 saturated heterocycles. The molecule has 0 spiro atoms. The molecule has 1 atom stereocenters. The molecule has 0 unspecified atom stereocenters. The number of halogens is 1. The molecule has 9 nitrogen and oxygen atoms in total. The number of phenols is 1. The smallest absolute Gasteiger partial charge is 0.251 e. The first-order chi connectivity index (χ1) is 18.3. The monoisotopic (exact) mass is 516 g/mol. The second-order valence-electron chi connectivity index (χ2n) is 9.22. The van der Waals surface area contributed by atoms with Crippen LogP contribution in [0.25, 0.3) is 11.4 Å². The molecule has 10 heteroatoms. The number of phenolic OH excluding ortho intramolecular Hbond substituents is 1. The number of nitrogens with zero attached hydrogens (tertiary/aromatic N) is 5. The maximum absolute atomic E-state index is 13.8. The van der Waals surface area contributed by atoms with E-state index in [2.05, 4.69) is 34.6 Å². The van der Waals surface area contributed by atoms with Crippen LogP contribution in [0, 0.1) is 11.7 Å². The Morgan fingerprint density at radius 3 is 2.34 bits per heavy atom. The maximum Gasteiger partial charge on any atom is 0.251 e. The van der Waals surface area contributed by atoms with E-state index in [4.69, 9.17) is 0 Å². The van der Waals surface area contributed by atoms with Gasteiger partial charge in [0.1, 0.15) is 24.2 Å². The number of hydrogen-bond acceptors (Lipinski definition) is 6. The number of rotatable bonds is 10. The lowest BCUT2D eigenvalue weighted by Gasteiger charge is -2.31. The molecule has 0 aliphatic rings. The van der Waals surface area contributed by atoms with Crippen LogP contribution in [0.1, 0.15) is 31.9 Å². The number of nitrogens with one attached hydrogen (secondary N) is 1. The highest BCUT2D eigenvalue weighted by atomic mass is 19.1. The minimum absolute atomic E-state index is 0.0467. The van der Waals surface area contributed by atoms with E-state index < -0.39 is 11.9 Å². The van der Waals surface area contributed by atoms with Gasteiger partial charge in [0.25, 0.3) is 5.91 Å². The lowest BCUT2D eigenvalue weighted by atomic mass is 10.0. The molecular formula is C28H29FN6O3. The number of hydrogen-bond donors (Lipinski definition) is 2. The molecule has 0 radical (unpaired) electrons. The molecule has 0 bridgehead atoms. The van der Waals surface area contributed by atoms with Crippen LogP contribution in [0.2, 0.25) is 0 Å². The minimum atomic E-state index is -1.02. The lowest BCUT2D eigenvalue weighted by molar-refractivity contribution is -0.127. The van der Waals surface area contributed by atoms with Crippen LogP contribution in [0.15, 0.2) is 78.9 Å². The molecule has 1 heterocycles. The highest BCUT2D eigenvalue weighted by Crippen LogP contribution is 2.29. The summed E-state index contributed by atoms with van der Waals surface area (Å²) in [4.78, 5) is 29.9. The zero-order valence-electron chi connectivity index (χ0n) is 21.2. The maximum atomic E-state index is 13.8. The van der Waals surface area contributed by atoms with Crippen LogP contribution in [-0.4, -0.2) is 43.7 Å². The van der Waals surface area contributed by atoms with Crippen LogP contribution < -0.4 is 10.2 Å². The molecule has 0 fully saturated rings. The number of carbonyl (C=O) groups excluding carboxylic acids is 2.